The van der Waals surface area contributed by atoms with Crippen LogP contribution in [-0.4, -0.2) is 89.2 Å². The van der Waals surface area contributed by atoms with E-state index in [4.69, 9.17) is 4.52 Å². The Labute approximate surface area is 202 Å². The number of nitrogens with zero attached hydrogens (tertiary/aromatic N) is 6. The van der Waals surface area contributed by atoms with Crippen molar-refractivity contribution in [3.05, 3.63) is 12.0 Å². The number of aryl methyl sites for hydroxylation is 1. The fourth-order valence-electron chi connectivity index (χ4n) is 5.95. The summed E-state index contributed by atoms with van der Waals surface area (Å²) in [5.74, 6) is 1.15. The molecular weight excluding hydrogens is 430 g/mol. The molecule has 1 saturated carbocycles. The highest BCUT2D eigenvalue weighted by molar-refractivity contribution is 5.88. The van der Waals surface area contributed by atoms with E-state index in [0.717, 1.165) is 68.4 Å². The molecule has 186 valence electrons. The Morgan fingerprint density at radius 1 is 1.03 bits per heavy atom. The lowest BCUT2D eigenvalue weighted by molar-refractivity contribution is -0.125. The molecule has 0 spiro atoms. The largest absolute Gasteiger partial charge is 0.356 e. The molecule has 4 heterocycles. The maximum atomic E-state index is 12.7. The SMILES string of the molecule is Cc1noc2ncnc(N3CCC(C(=O)NCCCN4CCN(C5CCCCC5)CC4)CC3)c12. The third-order valence-electron chi connectivity index (χ3n) is 8.04. The van der Waals surface area contributed by atoms with Gasteiger partial charge in [-0.2, -0.15) is 4.98 Å². The second kappa shape index (κ2) is 11.0. The number of nitrogens with one attached hydrogen (secondary N) is 1. The van der Waals surface area contributed by atoms with Crippen LogP contribution >= 0.6 is 0 Å². The molecule has 9 nitrogen and oxygen atoms in total. The first-order chi connectivity index (χ1) is 16.7. The van der Waals surface area contributed by atoms with Crippen LogP contribution in [0, 0.1) is 12.8 Å². The van der Waals surface area contributed by atoms with E-state index in [-0.39, 0.29) is 11.8 Å². The predicted molar refractivity (Wildman–Crippen MR) is 132 cm³/mol. The van der Waals surface area contributed by atoms with Crippen LogP contribution in [-0.2, 0) is 4.79 Å². The van der Waals surface area contributed by atoms with Gasteiger partial charge in [-0.1, -0.05) is 24.4 Å². The first-order valence-corrected chi connectivity index (χ1v) is 13.2. The Morgan fingerprint density at radius 3 is 2.56 bits per heavy atom. The lowest BCUT2D eigenvalue weighted by atomic mass is 9.94. The van der Waals surface area contributed by atoms with Gasteiger partial charge in [0.15, 0.2) is 0 Å². The molecule has 1 N–H and O–H groups in total. The number of piperazine rings is 1. The van der Waals surface area contributed by atoms with Crippen LogP contribution in [0.2, 0.25) is 0 Å². The summed E-state index contributed by atoms with van der Waals surface area (Å²) in [5, 5.41) is 8.10. The first-order valence-electron chi connectivity index (χ1n) is 13.2. The molecule has 0 aromatic carbocycles. The highest BCUT2D eigenvalue weighted by Gasteiger charge is 2.28. The van der Waals surface area contributed by atoms with Crippen molar-refractivity contribution in [2.75, 3.05) is 57.3 Å². The zero-order valence-electron chi connectivity index (χ0n) is 20.5. The number of aromatic nitrogens is 3. The molecule has 0 unspecified atom stereocenters. The van der Waals surface area contributed by atoms with Gasteiger partial charge >= 0.3 is 0 Å². The van der Waals surface area contributed by atoms with Crippen molar-refractivity contribution in [1.82, 2.24) is 30.2 Å². The van der Waals surface area contributed by atoms with Crippen LogP contribution in [0.4, 0.5) is 5.82 Å². The zero-order chi connectivity index (χ0) is 23.3. The van der Waals surface area contributed by atoms with Crippen LogP contribution in [0.3, 0.4) is 0 Å². The smallest absolute Gasteiger partial charge is 0.263 e. The maximum Gasteiger partial charge on any atom is 0.263 e. The molecular formula is C25H39N7O2. The Balaban J connectivity index is 0.995. The van der Waals surface area contributed by atoms with Gasteiger partial charge in [0.2, 0.25) is 5.91 Å². The van der Waals surface area contributed by atoms with Gasteiger partial charge in [0.1, 0.15) is 17.5 Å². The summed E-state index contributed by atoms with van der Waals surface area (Å²) in [6.45, 7) is 10.1. The normalized spacial score (nSPS) is 21.9. The molecule has 3 aliphatic rings. The van der Waals surface area contributed by atoms with Crippen LogP contribution < -0.4 is 10.2 Å². The van der Waals surface area contributed by atoms with Gasteiger partial charge in [0.25, 0.3) is 5.71 Å². The van der Waals surface area contributed by atoms with E-state index in [9.17, 15) is 4.79 Å². The standard InChI is InChI=1S/C25H39N7O2/c1-19-22-23(27-18-28-25(22)34-29-19)32-12-8-20(9-13-32)24(33)26-10-5-11-30-14-16-31(17-15-30)21-6-3-2-4-7-21/h18,20-21H,2-17H2,1H3,(H,26,33). The van der Waals surface area contributed by atoms with Crippen LogP contribution in [0.5, 0.6) is 0 Å². The van der Waals surface area contributed by atoms with Crippen LogP contribution in [0.25, 0.3) is 11.1 Å². The summed E-state index contributed by atoms with van der Waals surface area (Å²) >= 11 is 0. The molecule has 2 aromatic heterocycles. The fourth-order valence-corrected chi connectivity index (χ4v) is 5.95. The van der Waals surface area contributed by atoms with Gasteiger partial charge in [-0.05, 0) is 45.6 Å². The molecule has 0 radical (unpaired) electrons. The van der Waals surface area contributed by atoms with Crippen LogP contribution in [0.1, 0.15) is 57.1 Å². The van der Waals surface area contributed by atoms with Crippen molar-refractivity contribution in [3.63, 3.8) is 0 Å². The monoisotopic (exact) mass is 469 g/mol. The van der Waals surface area contributed by atoms with Gasteiger partial charge in [-0.15, -0.1) is 0 Å². The minimum atomic E-state index is 0.0798. The van der Waals surface area contributed by atoms with Crippen molar-refractivity contribution in [2.45, 2.75) is 64.3 Å². The highest BCUT2D eigenvalue weighted by atomic mass is 16.5. The lowest BCUT2D eigenvalue weighted by Gasteiger charge is -2.40. The van der Waals surface area contributed by atoms with Crippen molar-refractivity contribution in [1.29, 1.82) is 0 Å². The molecule has 9 heteroatoms. The Hall–Kier alpha value is -2.26. The van der Waals surface area contributed by atoms with Gasteiger partial charge in [-0.3, -0.25) is 9.69 Å². The molecule has 34 heavy (non-hydrogen) atoms. The number of fused-ring (bicyclic) bond motifs is 1. The topological polar surface area (TPSA) is 90.6 Å². The second-order valence-electron chi connectivity index (χ2n) is 10.2. The van der Waals surface area contributed by atoms with Gasteiger partial charge in [-0.25, -0.2) is 4.98 Å². The number of carbonyl (C=O) groups excluding carboxylic acids is 1. The summed E-state index contributed by atoms with van der Waals surface area (Å²) in [7, 11) is 0. The quantitative estimate of drug-likeness (QED) is 0.619. The lowest BCUT2D eigenvalue weighted by Crippen LogP contribution is -2.51. The summed E-state index contributed by atoms with van der Waals surface area (Å²) in [6.07, 6.45) is 11.3. The molecule has 2 aromatic rings. The molecule has 0 atom stereocenters. The molecule has 1 aliphatic carbocycles. The third kappa shape index (κ3) is 5.35. The second-order valence-corrected chi connectivity index (χ2v) is 10.2. The minimum Gasteiger partial charge on any atom is -0.356 e. The van der Waals surface area contributed by atoms with E-state index >= 15 is 0 Å². The molecule has 2 saturated heterocycles. The summed E-state index contributed by atoms with van der Waals surface area (Å²) in [6, 6.07) is 0.836. The van der Waals surface area contributed by atoms with Crippen molar-refractivity contribution < 1.29 is 9.32 Å². The molecule has 0 bridgehead atoms. The number of piperidine rings is 1. The van der Waals surface area contributed by atoms with E-state index < -0.39 is 0 Å². The van der Waals surface area contributed by atoms with Crippen molar-refractivity contribution in [3.8, 4) is 0 Å². The van der Waals surface area contributed by atoms with Crippen molar-refractivity contribution in [2.24, 2.45) is 5.92 Å². The number of hydrogen-bond acceptors (Lipinski definition) is 8. The van der Waals surface area contributed by atoms with Crippen molar-refractivity contribution >= 4 is 22.8 Å². The Kier molecular flexibility index (Phi) is 7.59. The summed E-state index contributed by atoms with van der Waals surface area (Å²) in [4.78, 5) is 28.9. The van der Waals surface area contributed by atoms with Gasteiger partial charge in [0.05, 0.1) is 5.69 Å². The van der Waals surface area contributed by atoms with E-state index in [1.165, 1.54) is 64.6 Å². The minimum absolute atomic E-state index is 0.0798. The Morgan fingerprint density at radius 2 is 1.79 bits per heavy atom. The average Bonchev–Trinajstić information content (AvgIpc) is 3.28. The van der Waals surface area contributed by atoms with E-state index in [0.29, 0.717) is 5.71 Å². The van der Waals surface area contributed by atoms with E-state index in [2.05, 4.69) is 35.1 Å². The highest BCUT2D eigenvalue weighted by Crippen LogP contribution is 2.29. The third-order valence-corrected chi connectivity index (χ3v) is 8.04. The number of carbonyl (C=O) groups is 1. The first kappa shape index (κ1) is 23.5. The number of hydrogen-bond donors (Lipinski definition) is 1. The summed E-state index contributed by atoms with van der Waals surface area (Å²) in [5.41, 5.74) is 1.33. The average molecular weight is 470 g/mol. The van der Waals surface area contributed by atoms with Gasteiger partial charge < -0.3 is 19.6 Å². The summed E-state index contributed by atoms with van der Waals surface area (Å²) < 4.78 is 5.27. The molecule has 3 fully saturated rings. The zero-order valence-corrected chi connectivity index (χ0v) is 20.5. The predicted octanol–water partition coefficient (Wildman–Crippen LogP) is 2.60. The molecule has 1 amide bonds. The van der Waals surface area contributed by atoms with Gasteiger partial charge in [0, 0.05) is 57.8 Å². The molecule has 2 aliphatic heterocycles. The number of rotatable bonds is 7. The molecule has 5 rings (SSSR count). The van der Waals surface area contributed by atoms with Crippen LogP contribution in [0.15, 0.2) is 10.9 Å². The number of amides is 1. The fraction of sp³-hybridized carbons (Fsp3) is 0.760. The number of anilines is 1. The van der Waals surface area contributed by atoms with E-state index in [1.54, 1.807) is 0 Å². The Bertz CT molecular complexity index is 942. The maximum absolute atomic E-state index is 12.7. The van der Waals surface area contributed by atoms with E-state index in [1.807, 2.05) is 6.92 Å².